The van der Waals surface area contributed by atoms with Gasteiger partial charge in [0, 0.05) is 27.8 Å². The van der Waals surface area contributed by atoms with Crippen molar-refractivity contribution in [1.82, 2.24) is 4.98 Å². The van der Waals surface area contributed by atoms with E-state index in [1.807, 2.05) is 37.3 Å². The highest BCUT2D eigenvalue weighted by molar-refractivity contribution is 5.89. The van der Waals surface area contributed by atoms with Gasteiger partial charge >= 0.3 is 0 Å². The Bertz CT molecular complexity index is 744. The summed E-state index contributed by atoms with van der Waals surface area (Å²) in [5.41, 5.74) is 11.2. The molecular weight excluding hydrogens is 236 g/mol. The second-order valence-corrected chi connectivity index (χ2v) is 4.73. The number of methoxy groups -OCH3 is 1. The number of fused-ring (bicyclic) bond motifs is 1. The van der Waals surface area contributed by atoms with E-state index in [1.54, 1.807) is 7.11 Å². The summed E-state index contributed by atoms with van der Waals surface area (Å²) >= 11 is 0. The number of ether oxygens (including phenoxy) is 1. The van der Waals surface area contributed by atoms with Gasteiger partial charge in [0.15, 0.2) is 0 Å². The molecule has 3 aromatic rings. The van der Waals surface area contributed by atoms with E-state index in [-0.39, 0.29) is 0 Å². The predicted molar refractivity (Wildman–Crippen MR) is 79.4 cm³/mol. The Labute approximate surface area is 112 Å². The smallest absolute Gasteiger partial charge is 0.119 e. The Morgan fingerprint density at radius 1 is 1.05 bits per heavy atom. The standard InChI is InChI=1S/C16H16N2O/c1-10-3-5-13(14(17)7-10)16-9-11-8-12(19-2)4-6-15(11)18-16/h3-9,18H,17H2,1-2H3. The molecule has 3 nitrogen and oxygen atoms in total. The molecule has 0 amide bonds. The van der Waals surface area contributed by atoms with Gasteiger partial charge in [-0.2, -0.15) is 0 Å². The van der Waals surface area contributed by atoms with Gasteiger partial charge in [-0.1, -0.05) is 12.1 Å². The summed E-state index contributed by atoms with van der Waals surface area (Å²) in [4.78, 5) is 3.39. The SMILES string of the molecule is COc1ccc2[nH]c(-c3ccc(C)cc3N)cc2c1. The maximum atomic E-state index is 6.09. The largest absolute Gasteiger partial charge is 0.497 e. The van der Waals surface area contributed by atoms with Gasteiger partial charge in [-0.15, -0.1) is 0 Å². The third-order valence-electron chi connectivity index (χ3n) is 3.33. The van der Waals surface area contributed by atoms with Crippen LogP contribution in [0.4, 0.5) is 5.69 Å². The predicted octanol–water partition coefficient (Wildman–Crippen LogP) is 3.73. The lowest BCUT2D eigenvalue weighted by molar-refractivity contribution is 0.415. The van der Waals surface area contributed by atoms with Crippen molar-refractivity contribution in [1.29, 1.82) is 0 Å². The number of aromatic amines is 1. The lowest BCUT2D eigenvalue weighted by atomic mass is 10.1. The Hall–Kier alpha value is -2.42. The van der Waals surface area contributed by atoms with E-state index in [0.29, 0.717) is 0 Å². The fourth-order valence-electron chi connectivity index (χ4n) is 2.31. The molecule has 0 aliphatic rings. The van der Waals surface area contributed by atoms with Crippen LogP contribution in [0.15, 0.2) is 42.5 Å². The van der Waals surface area contributed by atoms with Gasteiger partial charge in [-0.3, -0.25) is 0 Å². The van der Waals surface area contributed by atoms with Gasteiger partial charge in [0.05, 0.1) is 7.11 Å². The molecule has 0 radical (unpaired) electrons. The Morgan fingerprint density at radius 2 is 1.89 bits per heavy atom. The molecule has 0 aliphatic heterocycles. The van der Waals surface area contributed by atoms with Crippen LogP contribution in [0.1, 0.15) is 5.56 Å². The number of aryl methyl sites for hydroxylation is 1. The van der Waals surface area contributed by atoms with Crippen LogP contribution in [0.3, 0.4) is 0 Å². The number of aromatic nitrogens is 1. The first-order chi connectivity index (χ1) is 9.17. The molecule has 2 aromatic carbocycles. The topological polar surface area (TPSA) is 51.0 Å². The van der Waals surface area contributed by atoms with Gasteiger partial charge in [-0.05, 0) is 42.8 Å². The van der Waals surface area contributed by atoms with Gasteiger partial charge in [0.25, 0.3) is 0 Å². The molecule has 1 heterocycles. The van der Waals surface area contributed by atoms with Crippen LogP contribution in [0.2, 0.25) is 0 Å². The summed E-state index contributed by atoms with van der Waals surface area (Å²) in [6.07, 6.45) is 0. The summed E-state index contributed by atoms with van der Waals surface area (Å²) in [5, 5.41) is 1.12. The molecule has 96 valence electrons. The minimum Gasteiger partial charge on any atom is -0.497 e. The van der Waals surface area contributed by atoms with Crippen LogP contribution in [0.25, 0.3) is 22.2 Å². The molecule has 3 N–H and O–H groups in total. The number of benzene rings is 2. The highest BCUT2D eigenvalue weighted by Gasteiger charge is 2.07. The minimum atomic E-state index is 0.790. The van der Waals surface area contributed by atoms with Crippen molar-refractivity contribution in [3.63, 3.8) is 0 Å². The second-order valence-electron chi connectivity index (χ2n) is 4.73. The third-order valence-corrected chi connectivity index (χ3v) is 3.33. The number of anilines is 1. The molecule has 19 heavy (non-hydrogen) atoms. The van der Waals surface area contributed by atoms with Crippen molar-refractivity contribution in [2.45, 2.75) is 6.92 Å². The first-order valence-corrected chi connectivity index (χ1v) is 6.20. The van der Waals surface area contributed by atoms with E-state index in [9.17, 15) is 0 Å². The Balaban J connectivity index is 2.14. The number of hydrogen-bond donors (Lipinski definition) is 2. The van der Waals surface area contributed by atoms with E-state index in [0.717, 1.165) is 33.6 Å². The molecule has 0 saturated carbocycles. The quantitative estimate of drug-likeness (QED) is 0.683. The Morgan fingerprint density at radius 3 is 2.63 bits per heavy atom. The maximum absolute atomic E-state index is 6.09. The molecule has 0 aliphatic carbocycles. The second kappa shape index (κ2) is 4.35. The average molecular weight is 252 g/mol. The fraction of sp³-hybridized carbons (Fsp3) is 0.125. The lowest BCUT2D eigenvalue weighted by Gasteiger charge is -2.04. The van der Waals surface area contributed by atoms with Gasteiger partial charge in [0.2, 0.25) is 0 Å². The molecule has 0 unspecified atom stereocenters. The van der Waals surface area contributed by atoms with Crippen LogP contribution in [-0.4, -0.2) is 12.1 Å². The summed E-state index contributed by atoms with van der Waals surface area (Å²) < 4.78 is 5.24. The number of rotatable bonds is 2. The number of nitrogens with one attached hydrogen (secondary N) is 1. The van der Waals surface area contributed by atoms with Crippen LogP contribution >= 0.6 is 0 Å². The minimum absolute atomic E-state index is 0.790. The van der Waals surface area contributed by atoms with Crippen LogP contribution in [0, 0.1) is 6.92 Å². The molecule has 0 bridgehead atoms. The van der Waals surface area contributed by atoms with E-state index in [1.165, 1.54) is 5.56 Å². The monoisotopic (exact) mass is 252 g/mol. The fourth-order valence-corrected chi connectivity index (χ4v) is 2.31. The number of hydrogen-bond acceptors (Lipinski definition) is 2. The zero-order valence-electron chi connectivity index (χ0n) is 11.0. The first kappa shape index (κ1) is 11.7. The molecule has 3 rings (SSSR count). The van der Waals surface area contributed by atoms with E-state index < -0.39 is 0 Å². The summed E-state index contributed by atoms with van der Waals surface area (Å²) in [7, 11) is 1.67. The molecule has 0 fully saturated rings. The van der Waals surface area contributed by atoms with Crippen molar-refractivity contribution in [3.05, 3.63) is 48.0 Å². The van der Waals surface area contributed by atoms with Gasteiger partial charge < -0.3 is 15.5 Å². The zero-order chi connectivity index (χ0) is 13.4. The maximum Gasteiger partial charge on any atom is 0.119 e. The van der Waals surface area contributed by atoms with Crippen molar-refractivity contribution < 1.29 is 4.74 Å². The zero-order valence-corrected chi connectivity index (χ0v) is 11.0. The van der Waals surface area contributed by atoms with E-state index >= 15 is 0 Å². The van der Waals surface area contributed by atoms with Gasteiger partial charge in [0.1, 0.15) is 5.75 Å². The lowest BCUT2D eigenvalue weighted by Crippen LogP contribution is -1.90. The highest BCUT2D eigenvalue weighted by atomic mass is 16.5. The van der Waals surface area contributed by atoms with Crippen LogP contribution in [-0.2, 0) is 0 Å². The van der Waals surface area contributed by atoms with E-state index in [4.69, 9.17) is 10.5 Å². The molecule has 0 atom stereocenters. The van der Waals surface area contributed by atoms with Crippen LogP contribution in [0.5, 0.6) is 5.75 Å². The molecule has 1 aromatic heterocycles. The van der Waals surface area contributed by atoms with Crippen LogP contribution < -0.4 is 10.5 Å². The van der Waals surface area contributed by atoms with Gasteiger partial charge in [-0.25, -0.2) is 0 Å². The Kier molecular flexibility index (Phi) is 2.67. The van der Waals surface area contributed by atoms with Crippen molar-refractivity contribution >= 4 is 16.6 Å². The molecular formula is C16H16N2O. The average Bonchev–Trinajstić information content (AvgIpc) is 2.80. The summed E-state index contributed by atoms with van der Waals surface area (Å²) in [5.74, 6) is 0.856. The third kappa shape index (κ3) is 2.03. The first-order valence-electron chi connectivity index (χ1n) is 6.20. The van der Waals surface area contributed by atoms with Crippen molar-refractivity contribution in [2.75, 3.05) is 12.8 Å². The number of H-pyrrole nitrogens is 1. The van der Waals surface area contributed by atoms with Crippen molar-refractivity contribution in [2.24, 2.45) is 0 Å². The summed E-state index contributed by atoms with van der Waals surface area (Å²) in [6, 6.07) is 14.2. The molecule has 0 saturated heterocycles. The number of nitrogens with two attached hydrogens (primary N) is 1. The van der Waals surface area contributed by atoms with E-state index in [2.05, 4.69) is 17.1 Å². The molecule has 3 heteroatoms. The number of nitrogen functional groups attached to an aromatic ring is 1. The normalized spacial score (nSPS) is 10.8. The summed E-state index contributed by atoms with van der Waals surface area (Å²) in [6.45, 7) is 2.04. The van der Waals surface area contributed by atoms with Crippen molar-refractivity contribution in [3.8, 4) is 17.0 Å². The molecule has 0 spiro atoms. The highest BCUT2D eigenvalue weighted by Crippen LogP contribution is 2.30.